The topological polar surface area (TPSA) is 79.8 Å². The number of carbonyl (C=O) groups is 1. The number of alkyl halides is 3. The van der Waals surface area contributed by atoms with E-state index in [9.17, 15) is 27.2 Å². The van der Waals surface area contributed by atoms with Gasteiger partial charge in [0.2, 0.25) is 5.91 Å². The number of halogens is 4. The first kappa shape index (κ1) is 22.7. The van der Waals surface area contributed by atoms with E-state index < -0.39 is 34.7 Å². The van der Waals surface area contributed by atoms with E-state index in [1.54, 1.807) is 10.9 Å². The van der Waals surface area contributed by atoms with Gasteiger partial charge >= 0.3 is 6.18 Å². The Morgan fingerprint density at radius 3 is 2.44 bits per heavy atom. The van der Waals surface area contributed by atoms with E-state index in [4.69, 9.17) is 0 Å². The van der Waals surface area contributed by atoms with Crippen molar-refractivity contribution in [3.05, 3.63) is 106 Å². The van der Waals surface area contributed by atoms with E-state index in [1.807, 2.05) is 35.3 Å². The molecule has 2 heterocycles. The largest absolute Gasteiger partial charge is 0.417 e. The van der Waals surface area contributed by atoms with Crippen LogP contribution >= 0.6 is 0 Å². The predicted octanol–water partition coefficient (Wildman–Crippen LogP) is 5.04. The van der Waals surface area contributed by atoms with Gasteiger partial charge in [-0.1, -0.05) is 18.2 Å². The molecule has 2 aromatic heterocycles. The highest BCUT2D eigenvalue weighted by atomic mass is 19.4. The summed E-state index contributed by atoms with van der Waals surface area (Å²) in [6.07, 6.45) is -0.0351. The highest BCUT2D eigenvalue weighted by Crippen LogP contribution is 2.29. The molecule has 0 unspecified atom stereocenters. The van der Waals surface area contributed by atoms with Gasteiger partial charge in [-0.25, -0.2) is 9.07 Å². The van der Waals surface area contributed by atoms with E-state index in [-0.39, 0.29) is 0 Å². The highest BCUT2D eigenvalue weighted by molar-refractivity contribution is 6.02. The number of benzene rings is 2. The number of aromatic amines is 1. The van der Waals surface area contributed by atoms with Gasteiger partial charge in [0.05, 0.1) is 16.9 Å². The molecule has 0 aliphatic heterocycles. The predicted molar refractivity (Wildman–Crippen MR) is 119 cm³/mol. The number of anilines is 1. The molecule has 0 fully saturated rings. The van der Waals surface area contributed by atoms with E-state index >= 15 is 0 Å². The number of rotatable bonds is 5. The molecule has 4 aromatic rings. The third-order valence-electron chi connectivity index (χ3n) is 4.78. The van der Waals surface area contributed by atoms with Crippen molar-refractivity contribution in [2.45, 2.75) is 6.18 Å². The fourth-order valence-electron chi connectivity index (χ4n) is 3.13. The Hall–Kier alpha value is -4.47. The zero-order valence-electron chi connectivity index (χ0n) is 17.3. The molecule has 172 valence electrons. The number of pyridine rings is 1. The summed E-state index contributed by atoms with van der Waals surface area (Å²) in [6.45, 7) is 0. The molecule has 2 aromatic carbocycles. The summed E-state index contributed by atoms with van der Waals surface area (Å²) in [6, 6.07) is 15.3. The van der Waals surface area contributed by atoms with Crippen LogP contribution in [0.4, 0.5) is 23.2 Å². The van der Waals surface area contributed by atoms with Gasteiger partial charge in [0.1, 0.15) is 11.5 Å². The summed E-state index contributed by atoms with van der Waals surface area (Å²) < 4.78 is 53.6. The lowest BCUT2D eigenvalue weighted by molar-refractivity contribution is -0.137. The second-order valence-corrected chi connectivity index (χ2v) is 7.17. The number of para-hydroxylation sites is 1. The van der Waals surface area contributed by atoms with Gasteiger partial charge in [0.15, 0.2) is 0 Å². The van der Waals surface area contributed by atoms with Crippen LogP contribution in [0.25, 0.3) is 23.0 Å². The molecular formula is C24H16F4N4O2. The van der Waals surface area contributed by atoms with E-state index in [1.165, 1.54) is 30.3 Å². The Labute approximate surface area is 190 Å². The maximum absolute atomic E-state index is 13.4. The number of nitrogens with zero attached hydrogens (tertiary/aromatic N) is 2. The summed E-state index contributed by atoms with van der Waals surface area (Å²) in [7, 11) is 0. The van der Waals surface area contributed by atoms with Crippen molar-refractivity contribution in [3.8, 4) is 16.9 Å². The van der Waals surface area contributed by atoms with Crippen LogP contribution in [-0.2, 0) is 11.0 Å². The maximum atomic E-state index is 13.4. The van der Waals surface area contributed by atoms with Crippen LogP contribution in [0.15, 0.2) is 83.9 Å². The van der Waals surface area contributed by atoms with Gasteiger partial charge in [-0.15, -0.1) is 0 Å². The van der Waals surface area contributed by atoms with Gasteiger partial charge in [-0.05, 0) is 48.5 Å². The SMILES string of the molecule is O=C(/C=C/c1cn(-c2ccccc2)nc1-c1ccc(F)cc1)Nc1cc(C(F)(F)F)c[nH]c1=O. The first-order valence-electron chi connectivity index (χ1n) is 9.91. The lowest BCUT2D eigenvalue weighted by Crippen LogP contribution is -2.20. The number of carbonyl (C=O) groups excluding carboxylic acids is 1. The van der Waals surface area contributed by atoms with Crippen molar-refractivity contribution in [1.29, 1.82) is 0 Å². The van der Waals surface area contributed by atoms with Crippen LogP contribution < -0.4 is 10.9 Å². The van der Waals surface area contributed by atoms with Crippen LogP contribution in [0.2, 0.25) is 0 Å². The van der Waals surface area contributed by atoms with Gasteiger partial charge in [-0.3, -0.25) is 9.59 Å². The first-order chi connectivity index (χ1) is 16.2. The average Bonchev–Trinajstić information content (AvgIpc) is 3.24. The molecule has 0 saturated heterocycles. The van der Waals surface area contributed by atoms with E-state index in [0.29, 0.717) is 29.1 Å². The van der Waals surface area contributed by atoms with Gasteiger partial charge < -0.3 is 10.3 Å². The molecule has 1 amide bonds. The van der Waals surface area contributed by atoms with E-state index in [0.717, 1.165) is 11.8 Å². The fraction of sp³-hybridized carbons (Fsp3) is 0.0417. The zero-order valence-corrected chi connectivity index (χ0v) is 17.3. The number of hydrogen-bond donors (Lipinski definition) is 2. The molecule has 0 radical (unpaired) electrons. The number of hydrogen-bond acceptors (Lipinski definition) is 3. The van der Waals surface area contributed by atoms with Crippen molar-refractivity contribution in [3.63, 3.8) is 0 Å². The standard InChI is InChI=1S/C24H16F4N4O2/c25-18-9-6-15(7-10-18)22-16(14-32(31-22)19-4-2-1-3-5-19)8-11-21(33)30-20-12-17(24(26,27)28)13-29-23(20)34/h1-14H,(H,29,34)(H,30,33)/b11-8+. The van der Waals surface area contributed by atoms with E-state index in [2.05, 4.69) is 10.4 Å². The summed E-state index contributed by atoms with van der Waals surface area (Å²) in [4.78, 5) is 26.1. The Kier molecular flexibility index (Phi) is 6.13. The Morgan fingerprint density at radius 1 is 1.06 bits per heavy atom. The van der Waals surface area contributed by atoms with Crippen LogP contribution in [0.5, 0.6) is 0 Å². The minimum absolute atomic E-state index is 0.422. The monoisotopic (exact) mass is 468 g/mol. The second kappa shape index (κ2) is 9.18. The third kappa shape index (κ3) is 5.12. The van der Waals surface area contributed by atoms with Crippen molar-refractivity contribution < 1.29 is 22.4 Å². The molecule has 4 rings (SSSR count). The molecule has 10 heteroatoms. The normalized spacial score (nSPS) is 11.6. The highest BCUT2D eigenvalue weighted by Gasteiger charge is 2.31. The van der Waals surface area contributed by atoms with Crippen LogP contribution in [-0.4, -0.2) is 20.7 Å². The van der Waals surface area contributed by atoms with Crippen molar-refractivity contribution in [2.24, 2.45) is 0 Å². The quantitative estimate of drug-likeness (QED) is 0.318. The zero-order chi connectivity index (χ0) is 24.3. The number of nitrogens with one attached hydrogen (secondary N) is 2. The summed E-state index contributed by atoms with van der Waals surface area (Å²) in [5, 5.41) is 6.68. The molecule has 0 atom stereocenters. The Bertz CT molecular complexity index is 1410. The molecule has 0 aliphatic rings. The Morgan fingerprint density at radius 2 is 1.76 bits per heavy atom. The lowest BCUT2D eigenvalue weighted by atomic mass is 10.1. The molecule has 2 N–H and O–H groups in total. The lowest BCUT2D eigenvalue weighted by Gasteiger charge is -2.08. The van der Waals surface area contributed by atoms with Crippen LogP contribution in [0.3, 0.4) is 0 Å². The average molecular weight is 468 g/mol. The third-order valence-corrected chi connectivity index (χ3v) is 4.78. The molecular weight excluding hydrogens is 452 g/mol. The summed E-state index contributed by atoms with van der Waals surface area (Å²) >= 11 is 0. The van der Waals surface area contributed by atoms with Crippen molar-refractivity contribution in [2.75, 3.05) is 5.32 Å². The fourth-order valence-corrected chi connectivity index (χ4v) is 3.13. The van der Waals surface area contributed by atoms with Crippen LogP contribution in [0.1, 0.15) is 11.1 Å². The maximum Gasteiger partial charge on any atom is 0.417 e. The molecule has 0 bridgehead atoms. The number of H-pyrrole nitrogens is 1. The molecule has 0 spiro atoms. The van der Waals surface area contributed by atoms with Gasteiger partial charge in [0.25, 0.3) is 5.56 Å². The van der Waals surface area contributed by atoms with Crippen molar-refractivity contribution in [1.82, 2.24) is 14.8 Å². The van der Waals surface area contributed by atoms with Crippen LogP contribution in [0, 0.1) is 5.82 Å². The minimum atomic E-state index is -4.68. The second-order valence-electron chi connectivity index (χ2n) is 7.17. The minimum Gasteiger partial charge on any atom is -0.327 e. The van der Waals surface area contributed by atoms with Gasteiger partial charge in [0, 0.05) is 29.6 Å². The van der Waals surface area contributed by atoms with Gasteiger partial charge in [-0.2, -0.15) is 18.3 Å². The number of amides is 1. The smallest absolute Gasteiger partial charge is 0.327 e. The number of aromatic nitrogens is 3. The summed E-state index contributed by atoms with van der Waals surface area (Å²) in [5.41, 5.74) is -0.250. The molecule has 0 aliphatic carbocycles. The molecule has 6 nitrogen and oxygen atoms in total. The molecule has 0 saturated carbocycles. The Balaban J connectivity index is 1.64. The molecule has 34 heavy (non-hydrogen) atoms. The summed E-state index contributed by atoms with van der Waals surface area (Å²) in [5.74, 6) is -1.24. The van der Waals surface area contributed by atoms with Crippen molar-refractivity contribution >= 4 is 17.7 Å². The first-order valence-corrected chi connectivity index (χ1v) is 9.91.